The number of sulfonamides is 1. The zero-order chi connectivity index (χ0) is 14.0. The van der Waals surface area contributed by atoms with Gasteiger partial charge in [-0.05, 0) is 37.8 Å². The zero-order valence-electron chi connectivity index (χ0n) is 11.2. The van der Waals surface area contributed by atoms with Crippen LogP contribution in [0.1, 0.15) is 43.5 Å². The molecule has 2 rings (SSSR count). The van der Waals surface area contributed by atoms with Crippen LogP contribution in [-0.4, -0.2) is 20.2 Å². The van der Waals surface area contributed by atoms with Crippen LogP contribution in [0.15, 0.2) is 29.2 Å². The predicted molar refractivity (Wildman–Crippen MR) is 73.6 cm³/mol. The van der Waals surface area contributed by atoms with Crippen molar-refractivity contribution in [3.8, 4) is 0 Å². The summed E-state index contributed by atoms with van der Waals surface area (Å²) in [4.78, 5) is 11.4. The largest absolute Gasteiger partial charge is 0.295 e. The van der Waals surface area contributed by atoms with Crippen molar-refractivity contribution in [1.29, 1.82) is 0 Å². The van der Waals surface area contributed by atoms with Crippen LogP contribution in [0.2, 0.25) is 0 Å². The number of hydrogen-bond acceptors (Lipinski definition) is 3. The van der Waals surface area contributed by atoms with E-state index in [4.69, 9.17) is 0 Å². The number of benzene rings is 1. The third-order valence-corrected chi connectivity index (χ3v) is 5.24. The van der Waals surface area contributed by atoms with Gasteiger partial charge >= 0.3 is 0 Å². The number of carbonyl (C=O) groups excluding carboxylic acids is 1. The average molecular weight is 281 g/mol. The van der Waals surface area contributed by atoms with Gasteiger partial charge in [-0.15, -0.1) is 0 Å². The lowest BCUT2D eigenvalue weighted by Gasteiger charge is -2.17. The van der Waals surface area contributed by atoms with Crippen molar-refractivity contribution in [2.24, 2.45) is 5.92 Å². The molecule has 0 bridgehead atoms. The molecular weight excluding hydrogens is 262 g/mol. The van der Waals surface area contributed by atoms with Crippen LogP contribution in [0, 0.1) is 5.92 Å². The summed E-state index contributed by atoms with van der Waals surface area (Å²) in [5.74, 6) is 0.313. The molecule has 1 N–H and O–H groups in total. The molecule has 1 aromatic rings. The maximum absolute atomic E-state index is 12.2. The molecule has 0 aliphatic heterocycles. The highest BCUT2D eigenvalue weighted by Crippen LogP contribution is 2.26. The van der Waals surface area contributed by atoms with E-state index in [-0.39, 0.29) is 16.7 Å². The second-order valence-corrected chi connectivity index (χ2v) is 6.93. The molecule has 1 aliphatic rings. The minimum atomic E-state index is -3.48. The van der Waals surface area contributed by atoms with E-state index in [1.165, 1.54) is 19.1 Å². The molecule has 0 radical (unpaired) electrons. The molecule has 0 aromatic heterocycles. The van der Waals surface area contributed by atoms with Crippen molar-refractivity contribution in [3.63, 3.8) is 0 Å². The van der Waals surface area contributed by atoms with Crippen LogP contribution in [0.5, 0.6) is 0 Å². The summed E-state index contributed by atoms with van der Waals surface area (Å²) in [6.07, 6.45) is 3.03. The minimum Gasteiger partial charge on any atom is -0.295 e. The molecule has 4 nitrogen and oxygen atoms in total. The fourth-order valence-corrected chi connectivity index (χ4v) is 3.84. The molecule has 5 heteroatoms. The fraction of sp³-hybridized carbons (Fsp3) is 0.500. The summed E-state index contributed by atoms with van der Waals surface area (Å²) in [6, 6.07) is 6.10. The lowest BCUT2D eigenvalue weighted by molar-refractivity contribution is 0.101. The summed E-state index contributed by atoms with van der Waals surface area (Å²) < 4.78 is 27.2. The summed E-state index contributed by atoms with van der Waals surface area (Å²) in [5, 5.41) is 0. The summed E-state index contributed by atoms with van der Waals surface area (Å²) in [7, 11) is -3.48. The second kappa shape index (κ2) is 5.43. The number of rotatable bonds is 4. The van der Waals surface area contributed by atoms with E-state index in [1.807, 2.05) is 0 Å². The van der Waals surface area contributed by atoms with Crippen molar-refractivity contribution in [2.45, 2.75) is 44.0 Å². The van der Waals surface area contributed by atoms with E-state index in [1.54, 1.807) is 12.1 Å². The van der Waals surface area contributed by atoms with Crippen LogP contribution >= 0.6 is 0 Å². The fourth-order valence-electron chi connectivity index (χ4n) is 2.46. The Labute approximate surface area is 114 Å². The zero-order valence-corrected chi connectivity index (χ0v) is 12.0. The van der Waals surface area contributed by atoms with Gasteiger partial charge in [0.1, 0.15) is 0 Å². The number of carbonyl (C=O) groups is 1. The SMILES string of the molecule is CC(=O)c1ccc(S(=O)(=O)NC2CCCC2C)cc1. The first-order valence-electron chi connectivity index (χ1n) is 6.53. The van der Waals surface area contributed by atoms with Gasteiger partial charge in [-0.3, -0.25) is 4.79 Å². The molecule has 1 fully saturated rings. The van der Waals surface area contributed by atoms with Gasteiger partial charge in [0.05, 0.1) is 4.90 Å². The van der Waals surface area contributed by atoms with Crippen LogP contribution < -0.4 is 4.72 Å². The number of hydrogen-bond donors (Lipinski definition) is 1. The van der Waals surface area contributed by atoms with Gasteiger partial charge in [0.25, 0.3) is 0 Å². The van der Waals surface area contributed by atoms with E-state index < -0.39 is 10.0 Å². The van der Waals surface area contributed by atoms with Crippen LogP contribution in [-0.2, 0) is 10.0 Å². The Hall–Kier alpha value is -1.20. The van der Waals surface area contributed by atoms with E-state index in [2.05, 4.69) is 11.6 Å². The first-order valence-corrected chi connectivity index (χ1v) is 8.02. The van der Waals surface area contributed by atoms with Crippen molar-refractivity contribution < 1.29 is 13.2 Å². The predicted octanol–water partition coefficient (Wildman–Crippen LogP) is 2.36. The standard InChI is InChI=1S/C14H19NO3S/c1-10-4-3-5-14(10)15-19(17,18)13-8-6-12(7-9-13)11(2)16/h6-10,14-15H,3-5H2,1-2H3. The van der Waals surface area contributed by atoms with Crippen LogP contribution in [0.4, 0.5) is 0 Å². The van der Waals surface area contributed by atoms with Gasteiger partial charge in [0.2, 0.25) is 10.0 Å². The van der Waals surface area contributed by atoms with Gasteiger partial charge in [-0.2, -0.15) is 0 Å². The molecule has 0 heterocycles. The minimum absolute atomic E-state index is 0.0254. The number of ketones is 1. The number of Topliss-reactive ketones (excluding diaryl/α,β-unsaturated/α-hetero) is 1. The van der Waals surface area contributed by atoms with Crippen molar-refractivity contribution in [1.82, 2.24) is 4.72 Å². The molecule has 0 amide bonds. The first-order chi connectivity index (χ1) is 8.90. The third-order valence-electron chi connectivity index (χ3n) is 3.74. The topological polar surface area (TPSA) is 63.2 Å². The molecule has 1 aliphatic carbocycles. The normalized spacial score (nSPS) is 23.5. The Kier molecular flexibility index (Phi) is 4.06. The molecule has 104 valence electrons. The molecule has 19 heavy (non-hydrogen) atoms. The highest BCUT2D eigenvalue weighted by Gasteiger charge is 2.28. The maximum Gasteiger partial charge on any atom is 0.240 e. The van der Waals surface area contributed by atoms with Gasteiger partial charge in [0.15, 0.2) is 5.78 Å². The van der Waals surface area contributed by atoms with Gasteiger partial charge in [0, 0.05) is 11.6 Å². The van der Waals surface area contributed by atoms with Crippen molar-refractivity contribution in [2.75, 3.05) is 0 Å². The highest BCUT2D eigenvalue weighted by molar-refractivity contribution is 7.89. The van der Waals surface area contributed by atoms with Crippen LogP contribution in [0.25, 0.3) is 0 Å². The Morgan fingerprint density at radius 1 is 1.21 bits per heavy atom. The van der Waals surface area contributed by atoms with Gasteiger partial charge in [-0.1, -0.05) is 25.5 Å². The average Bonchev–Trinajstić information content (AvgIpc) is 2.74. The molecular formula is C14H19NO3S. The smallest absolute Gasteiger partial charge is 0.240 e. The van der Waals surface area contributed by atoms with Crippen molar-refractivity contribution in [3.05, 3.63) is 29.8 Å². The first kappa shape index (κ1) is 14.2. The summed E-state index contributed by atoms with van der Waals surface area (Å²) in [6.45, 7) is 3.53. The monoisotopic (exact) mass is 281 g/mol. The van der Waals surface area contributed by atoms with Gasteiger partial charge in [-0.25, -0.2) is 13.1 Å². The van der Waals surface area contributed by atoms with Crippen LogP contribution in [0.3, 0.4) is 0 Å². The van der Waals surface area contributed by atoms with E-state index in [9.17, 15) is 13.2 Å². The maximum atomic E-state index is 12.2. The molecule has 1 saturated carbocycles. The molecule has 0 saturated heterocycles. The Bertz CT molecular complexity index is 563. The van der Waals surface area contributed by atoms with E-state index in [0.717, 1.165) is 19.3 Å². The Morgan fingerprint density at radius 2 is 1.84 bits per heavy atom. The lowest BCUT2D eigenvalue weighted by atomic mass is 10.1. The highest BCUT2D eigenvalue weighted by atomic mass is 32.2. The van der Waals surface area contributed by atoms with E-state index >= 15 is 0 Å². The quantitative estimate of drug-likeness (QED) is 0.862. The Balaban J connectivity index is 2.17. The van der Waals surface area contributed by atoms with E-state index in [0.29, 0.717) is 11.5 Å². The molecule has 0 spiro atoms. The summed E-state index contributed by atoms with van der Waals surface area (Å²) in [5.41, 5.74) is 0.521. The van der Waals surface area contributed by atoms with Crippen molar-refractivity contribution >= 4 is 15.8 Å². The molecule has 2 atom stereocenters. The van der Waals surface area contributed by atoms with Gasteiger partial charge < -0.3 is 0 Å². The Morgan fingerprint density at radius 3 is 2.32 bits per heavy atom. The molecule has 2 unspecified atom stereocenters. The lowest BCUT2D eigenvalue weighted by Crippen LogP contribution is -2.36. The summed E-state index contributed by atoms with van der Waals surface area (Å²) >= 11 is 0. The second-order valence-electron chi connectivity index (χ2n) is 5.22. The third kappa shape index (κ3) is 3.22. The molecule has 1 aromatic carbocycles. The number of nitrogens with one attached hydrogen (secondary N) is 1.